The van der Waals surface area contributed by atoms with Gasteiger partial charge in [-0.3, -0.25) is 0 Å². The molecule has 2 aromatic carbocycles. The van der Waals surface area contributed by atoms with Crippen molar-refractivity contribution in [2.75, 3.05) is 13.1 Å². The van der Waals surface area contributed by atoms with Gasteiger partial charge in [0, 0.05) is 24.7 Å². The van der Waals surface area contributed by atoms with Crippen LogP contribution in [0.2, 0.25) is 0 Å². The van der Waals surface area contributed by atoms with Gasteiger partial charge < -0.3 is 5.73 Å². The van der Waals surface area contributed by atoms with Crippen molar-refractivity contribution in [3.8, 4) is 11.1 Å². The van der Waals surface area contributed by atoms with E-state index in [4.69, 9.17) is 5.73 Å². The van der Waals surface area contributed by atoms with E-state index < -0.39 is 32.2 Å². The van der Waals surface area contributed by atoms with E-state index in [2.05, 4.69) is 9.71 Å². The molecule has 0 bridgehead atoms. The van der Waals surface area contributed by atoms with E-state index in [9.17, 15) is 25.6 Å². The molecule has 178 valence electrons. The summed E-state index contributed by atoms with van der Waals surface area (Å²) in [6.07, 6.45) is -1.76. The second-order valence-electron chi connectivity index (χ2n) is 7.26. The highest BCUT2D eigenvalue weighted by molar-refractivity contribution is 7.90. The predicted octanol–water partition coefficient (Wildman–Crippen LogP) is 3.11. The number of pyridine rings is 1. The zero-order valence-electron chi connectivity index (χ0n) is 17.6. The van der Waals surface area contributed by atoms with Gasteiger partial charge in [-0.2, -0.15) is 0 Å². The SMILES string of the molecule is NCCNS(=O)(=O)c1ccc(-c2ccnc3c2cc(C(F)F)n3S(=O)(=O)c2ccccc2)cc1. The smallest absolute Gasteiger partial charge is 0.279 e. The maximum Gasteiger partial charge on any atom is 0.279 e. The minimum Gasteiger partial charge on any atom is -0.329 e. The van der Waals surface area contributed by atoms with Gasteiger partial charge in [-0.25, -0.2) is 39.3 Å². The molecule has 2 heterocycles. The molecule has 0 amide bonds. The Morgan fingerprint density at radius 2 is 1.62 bits per heavy atom. The van der Waals surface area contributed by atoms with Crippen LogP contribution in [0.15, 0.2) is 82.7 Å². The first-order valence-corrected chi connectivity index (χ1v) is 13.0. The normalized spacial score (nSPS) is 12.5. The van der Waals surface area contributed by atoms with E-state index in [-0.39, 0.29) is 33.9 Å². The number of hydrogen-bond donors (Lipinski definition) is 2. The first-order valence-electron chi connectivity index (χ1n) is 10.1. The van der Waals surface area contributed by atoms with E-state index in [0.717, 1.165) is 6.07 Å². The Bertz CT molecular complexity index is 1540. The van der Waals surface area contributed by atoms with Crippen molar-refractivity contribution in [2.24, 2.45) is 5.73 Å². The Labute approximate surface area is 195 Å². The minimum atomic E-state index is -4.36. The fourth-order valence-corrected chi connectivity index (χ4v) is 6.08. The van der Waals surface area contributed by atoms with Crippen LogP contribution >= 0.6 is 0 Å². The zero-order chi connectivity index (χ0) is 24.5. The molecule has 0 unspecified atom stereocenters. The molecule has 3 N–H and O–H groups in total. The lowest BCUT2D eigenvalue weighted by Gasteiger charge is -2.11. The molecule has 34 heavy (non-hydrogen) atoms. The fraction of sp³-hybridized carbons (Fsp3) is 0.136. The minimum absolute atomic E-state index is 0.00694. The molecule has 0 fully saturated rings. The molecule has 8 nitrogen and oxygen atoms in total. The third-order valence-corrected chi connectivity index (χ3v) is 8.31. The molecule has 0 saturated heterocycles. The van der Waals surface area contributed by atoms with Crippen LogP contribution in [0.3, 0.4) is 0 Å². The summed E-state index contributed by atoms with van der Waals surface area (Å²) in [6.45, 7) is 0.219. The number of rotatable bonds is 8. The Morgan fingerprint density at radius 1 is 0.941 bits per heavy atom. The summed E-state index contributed by atoms with van der Waals surface area (Å²) in [5.41, 5.74) is 5.39. The number of alkyl halides is 2. The molecular weight excluding hydrogens is 486 g/mol. The number of benzene rings is 2. The van der Waals surface area contributed by atoms with Crippen molar-refractivity contribution in [3.63, 3.8) is 0 Å². The van der Waals surface area contributed by atoms with Crippen LogP contribution < -0.4 is 10.5 Å². The molecule has 4 aromatic rings. The summed E-state index contributed by atoms with van der Waals surface area (Å²) < 4.78 is 81.8. The summed E-state index contributed by atoms with van der Waals surface area (Å²) in [4.78, 5) is 3.94. The maximum atomic E-state index is 13.9. The molecule has 0 aliphatic carbocycles. The number of nitrogens with two attached hydrogens (primary N) is 1. The largest absolute Gasteiger partial charge is 0.329 e. The second kappa shape index (κ2) is 9.22. The number of nitrogens with zero attached hydrogens (tertiary/aromatic N) is 2. The summed E-state index contributed by atoms with van der Waals surface area (Å²) in [5.74, 6) is 0. The Hall–Kier alpha value is -3.19. The van der Waals surface area contributed by atoms with E-state index in [1.54, 1.807) is 12.1 Å². The van der Waals surface area contributed by atoms with Crippen LogP contribution in [0, 0.1) is 0 Å². The van der Waals surface area contributed by atoms with E-state index in [1.807, 2.05) is 0 Å². The molecule has 4 rings (SSSR count). The van der Waals surface area contributed by atoms with Gasteiger partial charge in [-0.15, -0.1) is 0 Å². The van der Waals surface area contributed by atoms with Crippen molar-refractivity contribution in [2.45, 2.75) is 16.2 Å². The molecule has 0 atom stereocenters. The zero-order valence-corrected chi connectivity index (χ0v) is 19.2. The van der Waals surface area contributed by atoms with Gasteiger partial charge in [0.15, 0.2) is 5.65 Å². The average molecular weight is 507 g/mol. The summed E-state index contributed by atoms with van der Waals surface area (Å²) in [5, 5.41) is 0.189. The van der Waals surface area contributed by atoms with Gasteiger partial charge in [-0.1, -0.05) is 30.3 Å². The highest BCUT2D eigenvalue weighted by atomic mass is 32.2. The van der Waals surface area contributed by atoms with Crippen LogP contribution in [-0.4, -0.2) is 38.9 Å². The van der Waals surface area contributed by atoms with Crippen molar-refractivity contribution in [1.82, 2.24) is 13.7 Å². The van der Waals surface area contributed by atoms with Crippen LogP contribution in [0.5, 0.6) is 0 Å². The molecule has 0 radical (unpaired) electrons. The lowest BCUT2D eigenvalue weighted by Crippen LogP contribution is -2.29. The van der Waals surface area contributed by atoms with E-state index in [1.165, 1.54) is 54.7 Å². The molecule has 0 aliphatic rings. The molecule has 2 aromatic heterocycles. The second-order valence-corrected chi connectivity index (χ2v) is 10.8. The molecular formula is C22H20F2N4O4S2. The first kappa shape index (κ1) is 24.0. The van der Waals surface area contributed by atoms with Gasteiger partial charge in [0.1, 0.15) is 5.69 Å². The van der Waals surface area contributed by atoms with Crippen LogP contribution in [0.4, 0.5) is 8.78 Å². The molecule has 0 aliphatic heterocycles. The maximum absolute atomic E-state index is 13.9. The van der Waals surface area contributed by atoms with Crippen molar-refractivity contribution < 1.29 is 25.6 Å². The number of hydrogen-bond acceptors (Lipinski definition) is 6. The third kappa shape index (κ3) is 4.32. The standard InChI is InChI=1S/C22H20F2N4O4S2/c23-21(24)20-14-19-18(15-6-8-16(9-7-15)33(29,30)27-13-11-25)10-12-26-22(19)28(20)34(31,32)17-4-2-1-3-5-17/h1-10,12,14,21,27H,11,13,25H2. The van der Waals surface area contributed by atoms with E-state index >= 15 is 0 Å². The monoisotopic (exact) mass is 506 g/mol. The van der Waals surface area contributed by atoms with Crippen molar-refractivity contribution in [1.29, 1.82) is 0 Å². The van der Waals surface area contributed by atoms with Crippen molar-refractivity contribution in [3.05, 3.63) is 78.6 Å². The average Bonchev–Trinajstić information content (AvgIpc) is 3.24. The Morgan fingerprint density at radius 3 is 2.24 bits per heavy atom. The van der Waals surface area contributed by atoms with Gasteiger partial charge >= 0.3 is 0 Å². The number of nitrogens with one attached hydrogen (secondary N) is 1. The van der Waals surface area contributed by atoms with Crippen LogP contribution in [0.25, 0.3) is 22.2 Å². The highest BCUT2D eigenvalue weighted by Crippen LogP contribution is 2.35. The highest BCUT2D eigenvalue weighted by Gasteiger charge is 2.29. The van der Waals surface area contributed by atoms with Crippen LogP contribution in [0.1, 0.15) is 12.1 Å². The molecule has 0 spiro atoms. The Balaban J connectivity index is 1.87. The molecule has 12 heteroatoms. The summed E-state index contributed by atoms with van der Waals surface area (Å²) >= 11 is 0. The summed E-state index contributed by atoms with van der Waals surface area (Å²) in [6, 6.07) is 15.6. The van der Waals surface area contributed by atoms with Gasteiger partial charge in [0.2, 0.25) is 10.0 Å². The third-order valence-electron chi connectivity index (χ3n) is 5.11. The fourth-order valence-electron chi connectivity index (χ4n) is 3.54. The molecule has 0 saturated carbocycles. The predicted molar refractivity (Wildman–Crippen MR) is 123 cm³/mol. The Kier molecular flexibility index (Phi) is 6.49. The van der Waals surface area contributed by atoms with Crippen LogP contribution in [-0.2, 0) is 20.0 Å². The number of halogens is 2. The topological polar surface area (TPSA) is 124 Å². The summed E-state index contributed by atoms with van der Waals surface area (Å²) in [7, 11) is -8.11. The quantitative estimate of drug-likeness (QED) is 0.378. The van der Waals surface area contributed by atoms with Gasteiger partial charge in [0.25, 0.3) is 16.4 Å². The number of aromatic nitrogens is 2. The number of fused-ring (bicyclic) bond motifs is 1. The van der Waals surface area contributed by atoms with Gasteiger partial charge in [0.05, 0.1) is 9.79 Å². The lowest BCUT2D eigenvalue weighted by molar-refractivity contribution is 0.145. The lowest BCUT2D eigenvalue weighted by atomic mass is 10.0. The number of sulfonamides is 1. The van der Waals surface area contributed by atoms with Gasteiger partial charge in [-0.05, 0) is 47.5 Å². The van der Waals surface area contributed by atoms with E-state index in [0.29, 0.717) is 15.1 Å². The first-order chi connectivity index (χ1) is 16.2. The van der Waals surface area contributed by atoms with Crippen molar-refractivity contribution >= 4 is 31.1 Å².